The summed E-state index contributed by atoms with van der Waals surface area (Å²) in [6, 6.07) is 5.93. The van der Waals surface area contributed by atoms with Crippen LogP contribution in [0.1, 0.15) is 256 Å². The Labute approximate surface area is 657 Å². The van der Waals surface area contributed by atoms with E-state index in [-0.39, 0.29) is 106 Å². The van der Waals surface area contributed by atoms with Gasteiger partial charge in [0.2, 0.25) is 23.6 Å². The van der Waals surface area contributed by atoms with Gasteiger partial charge in [-0.3, -0.25) is 43.3 Å². The Morgan fingerprint density at radius 1 is 0.505 bits per heavy atom. The van der Waals surface area contributed by atoms with Gasteiger partial charge in [0.1, 0.15) is 11.2 Å². The number of carbonyl (C=O) groups is 10. The van der Waals surface area contributed by atoms with E-state index >= 15 is 0 Å². The Hall–Kier alpha value is -5.34. The average molecular weight is 1620 g/mol. The molecular formula is C74H137Cl2MnN13O16S. The topological polar surface area (TPSA) is 455 Å². The summed E-state index contributed by atoms with van der Waals surface area (Å²) >= 11 is 1.48. The van der Waals surface area contributed by atoms with Gasteiger partial charge in [0.25, 0.3) is 0 Å². The molecule has 6 amide bonds. The van der Waals surface area contributed by atoms with Gasteiger partial charge in [0, 0.05) is 73.0 Å². The molecule has 11 atom stereocenters. The number of nitrogens with one attached hydrogen (secondary N) is 10. The van der Waals surface area contributed by atoms with Gasteiger partial charge in [-0.25, -0.2) is 9.59 Å². The molecule has 2 bridgehead atoms. The zero-order valence-electron chi connectivity index (χ0n) is 66.5. The van der Waals surface area contributed by atoms with Crippen molar-refractivity contribution in [3.8, 4) is 0 Å². The molecule has 2 saturated carbocycles. The Kier molecular flexibility index (Phi) is 59.5. The van der Waals surface area contributed by atoms with Crippen molar-refractivity contribution in [2.75, 3.05) is 45.5 Å². The number of hydrogen-bond donors (Lipinski definition) is 16. The molecule has 1 aromatic heterocycles. The van der Waals surface area contributed by atoms with Crippen LogP contribution < -0.4 is 64.6 Å². The Morgan fingerprint density at radius 2 is 0.822 bits per heavy atom. The van der Waals surface area contributed by atoms with Crippen LogP contribution >= 0.6 is 32.0 Å². The van der Waals surface area contributed by atoms with Crippen molar-refractivity contribution in [1.29, 1.82) is 0 Å². The predicted octanol–water partition coefficient (Wildman–Crippen LogP) is 10.4. The number of carbonyl (C=O) groups excluding carboxylic acids is 6. The molecule has 1 aliphatic heterocycles. The SMILES string of the molecule is CC(C)(C)OC(=O)NCN.CCCCC(C)C(=O)O.CCCCC(CC(C)C(=O)O)C(=O)NCN.CCCCC(CC(C)C(=O)O)C(=O)NCNC(=O)CSc1cc2nc(c1)CN[C@@H]1CCCC[C@H]1NCCN[C@@H]1CCCC[C@H]1NC2.CCCCC(CC(C)C(=O)O)C(=O)NCNC(=O)OC(C)(C)C.[Cl][Mn][Cl]. The summed E-state index contributed by atoms with van der Waals surface area (Å²) in [5, 5.41) is 66.2. The number of thioether (sulfide) groups is 1. The fourth-order valence-electron chi connectivity index (χ4n) is 11.6. The van der Waals surface area contributed by atoms with Crippen molar-refractivity contribution < 1.29 is 91.0 Å². The first-order valence-electron chi connectivity index (χ1n) is 38.2. The summed E-state index contributed by atoms with van der Waals surface area (Å²) < 4.78 is 9.91. The first kappa shape index (κ1) is 104. The molecule has 0 radical (unpaired) electrons. The van der Waals surface area contributed by atoms with Crippen LogP contribution in [0.4, 0.5) is 9.59 Å². The summed E-state index contributed by atoms with van der Waals surface area (Å²) in [5.74, 6) is -6.72. The van der Waals surface area contributed by atoms with Crippen molar-refractivity contribution >= 4 is 91.7 Å². The van der Waals surface area contributed by atoms with Crippen LogP contribution in [0.15, 0.2) is 17.0 Å². The fourth-order valence-corrected chi connectivity index (χ4v) is 12.5. The number of aromatic nitrogens is 1. The van der Waals surface area contributed by atoms with Gasteiger partial charge in [0.15, 0.2) is 0 Å². The molecule has 0 spiro atoms. The number of fused-ring (bicyclic) bond motifs is 4. The number of nitrogens with two attached hydrogens (primary N) is 2. The Morgan fingerprint density at radius 3 is 1.15 bits per heavy atom. The number of unbranched alkanes of at least 4 members (excludes halogenated alkanes) is 4. The maximum atomic E-state index is 12.8. The number of aliphatic carboxylic acids is 4. The van der Waals surface area contributed by atoms with E-state index in [1.807, 2.05) is 20.8 Å². The number of rotatable bonds is 34. The van der Waals surface area contributed by atoms with E-state index in [1.54, 1.807) is 69.2 Å². The number of pyridine rings is 1. The predicted molar refractivity (Wildman–Crippen MR) is 417 cm³/mol. The maximum absolute atomic E-state index is 12.8. The molecule has 1 aromatic rings. The number of nitrogens with zero attached hydrogens (tertiary/aromatic N) is 1. The van der Waals surface area contributed by atoms with E-state index < -0.39 is 65.0 Å². The van der Waals surface area contributed by atoms with Crippen molar-refractivity contribution in [3.05, 3.63) is 23.5 Å². The fraction of sp³-hybridized carbons (Fsp3) is 0.797. The van der Waals surface area contributed by atoms with Crippen molar-refractivity contribution in [1.82, 2.24) is 58.2 Å². The number of ether oxygens (including phenoxy) is 2. The van der Waals surface area contributed by atoms with Gasteiger partial charge >= 0.3 is 69.4 Å². The van der Waals surface area contributed by atoms with Crippen LogP contribution in [0, 0.1) is 41.4 Å². The molecule has 7 unspecified atom stereocenters. The van der Waals surface area contributed by atoms with Gasteiger partial charge in [-0.1, -0.05) is 132 Å². The van der Waals surface area contributed by atoms with Crippen LogP contribution in [-0.2, 0) is 74.1 Å². The van der Waals surface area contributed by atoms with Gasteiger partial charge < -0.3 is 94.5 Å². The Balaban J connectivity index is 0. The molecule has 2 heterocycles. The Bertz CT molecular complexity index is 2640. The van der Waals surface area contributed by atoms with Gasteiger partial charge in [-0.15, -0.1) is 11.8 Å². The van der Waals surface area contributed by atoms with Crippen molar-refractivity contribution in [2.45, 2.75) is 298 Å². The van der Waals surface area contributed by atoms with E-state index in [0.29, 0.717) is 56.5 Å². The first-order chi connectivity index (χ1) is 50.5. The second-order valence-corrected chi connectivity index (χ2v) is 32.5. The van der Waals surface area contributed by atoms with Crippen molar-refractivity contribution in [2.24, 2.45) is 52.9 Å². The van der Waals surface area contributed by atoms with Gasteiger partial charge in [-0.05, 0) is 124 Å². The van der Waals surface area contributed by atoms with E-state index in [2.05, 4.69) is 72.2 Å². The number of carboxylic acid groups (broad SMARTS) is 4. The molecule has 621 valence electrons. The summed E-state index contributed by atoms with van der Waals surface area (Å²) in [7, 11) is 9.59. The summed E-state index contributed by atoms with van der Waals surface area (Å²) in [6.45, 7) is 28.9. The third kappa shape index (κ3) is 54.0. The molecule has 107 heavy (non-hydrogen) atoms. The summed E-state index contributed by atoms with van der Waals surface area (Å²) in [5.41, 5.74) is 11.2. The second kappa shape index (κ2) is 61.3. The van der Waals surface area contributed by atoms with Crippen LogP contribution in [0.2, 0.25) is 0 Å². The average Bonchev–Trinajstić information content (AvgIpc) is 1.42. The quantitative estimate of drug-likeness (QED) is 0.0173. The molecule has 0 saturated heterocycles. The van der Waals surface area contributed by atoms with Crippen LogP contribution in [0.25, 0.3) is 0 Å². The molecule has 3 aliphatic rings. The third-order valence-electron chi connectivity index (χ3n) is 17.6. The number of amides is 6. The number of hydrogen-bond acceptors (Lipinski definition) is 20. The van der Waals surface area contributed by atoms with Crippen molar-refractivity contribution in [3.63, 3.8) is 0 Å². The zero-order chi connectivity index (χ0) is 81.5. The third-order valence-corrected chi connectivity index (χ3v) is 18.6. The number of halogens is 2. The van der Waals surface area contributed by atoms with E-state index in [4.69, 9.17) is 61.4 Å². The van der Waals surface area contributed by atoms with Gasteiger partial charge in [0.05, 0.1) is 67.5 Å². The summed E-state index contributed by atoms with van der Waals surface area (Å²) in [6.07, 6.45) is 20.0. The van der Waals surface area contributed by atoms with E-state index in [0.717, 1.165) is 106 Å². The number of carboxylic acids is 4. The molecule has 4 rings (SSSR count). The minimum absolute atomic E-state index is 0.00694. The van der Waals surface area contributed by atoms with Crippen LogP contribution in [-0.4, -0.2) is 166 Å². The molecule has 0 aromatic carbocycles. The standard InChI is InChI=1S/C34H57N7O4S.C16H30N2O5.C11H22N2O3.C7H14O2.C6H14N2O2.2ClH.Mn/c1-3-4-9-24(16-23(2)34(44)45)33(43)40-22-39-32(42)21-46-27-17-25-19-37-30-12-7-5-10-28(30)35-14-15-36-29-11-6-8-13-31(29)38-20-26(18-27)41-25;1-6-7-8-12(9-11(2)14(20)21)13(19)17-10-18-15(22)23-16(3,4)5;1-3-4-5-9(10(14)13-7-12)6-8(2)11(15)16;1-3-4-5-6(2)7(8)9;1-6(2,3)10-5(9)8-4-7;;;/h17-18,23-24,28-31,35-38H,3-16,19-22H2,1-2H3,(H,39,42)(H,40,43)(H,44,45);11-12H,6-10H2,1-5H3,(H,17,19)(H,18,22)(H,20,21);8-9H,3-7,12H2,1-2H3,(H,13,14)(H,15,16);6H,3-5H2,1-2H3,(H,8,9);4,7H2,1-3H3,(H,8,9);2*1H;/q;;;;;;;+2/p-2/t23?,24?,28-,29-,30-,31-;;;;;;;/m1......./s1. The first-order valence-corrected chi connectivity index (χ1v) is 42.5. The van der Waals surface area contributed by atoms with Gasteiger partial charge in [-0.2, -0.15) is 0 Å². The molecule has 2 aliphatic carbocycles. The summed E-state index contributed by atoms with van der Waals surface area (Å²) in [4.78, 5) is 121. The molecule has 29 nitrogen and oxygen atoms in total. The molecule has 2 fully saturated rings. The monoisotopic (exact) mass is 1620 g/mol. The molecule has 18 N–H and O–H groups in total. The van der Waals surface area contributed by atoms with Crippen LogP contribution in [0.5, 0.6) is 0 Å². The minimum atomic E-state index is -0.911. The van der Waals surface area contributed by atoms with E-state index in [1.165, 1.54) is 50.3 Å². The zero-order valence-corrected chi connectivity index (χ0v) is 70.0. The molecule has 33 heteroatoms. The number of alkyl carbamates (subject to hydrolysis) is 2. The normalized spacial score (nSPS) is 18.3. The second-order valence-electron chi connectivity index (χ2n) is 29.5. The van der Waals surface area contributed by atoms with Crippen LogP contribution in [0.3, 0.4) is 0 Å². The molecular weight excluding hydrogens is 1480 g/mol. The van der Waals surface area contributed by atoms with E-state index in [9.17, 15) is 53.1 Å².